The minimum atomic E-state index is 0.438. The van der Waals surface area contributed by atoms with Crippen molar-refractivity contribution in [3.63, 3.8) is 0 Å². The lowest BCUT2D eigenvalue weighted by molar-refractivity contribution is 0.409. The second kappa shape index (κ2) is 12.2. The van der Waals surface area contributed by atoms with Crippen molar-refractivity contribution < 1.29 is 0 Å². The summed E-state index contributed by atoms with van der Waals surface area (Å²) >= 11 is 0. The Morgan fingerprint density at radius 2 is 1.08 bits per heavy atom. The molecule has 2 saturated carbocycles. The first-order valence-corrected chi connectivity index (χ1v) is 18.7. The number of nitrogens with zero attached hydrogens (tertiary/aromatic N) is 5. The van der Waals surface area contributed by atoms with E-state index in [1.54, 1.807) is 0 Å². The van der Waals surface area contributed by atoms with Crippen LogP contribution in [0.2, 0.25) is 0 Å². The fourth-order valence-electron chi connectivity index (χ4n) is 8.98. The first-order valence-electron chi connectivity index (χ1n) is 18.7. The van der Waals surface area contributed by atoms with Crippen molar-refractivity contribution >= 4 is 43.5 Å². The summed E-state index contributed by atoms with van der Waals surface area (Å²) in [4.78, 5) is 15.7. The largest absolute Gasteiger partial charge is 0.317 e. The third-order valence-corrected chi connectivity index (χ3v) is 11.5. The summed E-state index contributed by atoms with van der Waals surface area (Å²) in [5.41, 5.74) is 7.01. The van der Waals surface area contributed by atoms with Crippen LogP contribution in [0.3, 0.4) is 0 Å². The summed E-state index contributed by atoms with van der Waals surface area (Å²) in [6, 6.07) is 39.8. The average molecular weight is 652 g/mol. The van der Waals surface area contributed by atoms with Gasteiger partial charge in [-0.1, -0.05) is 105 Å². The van der Waals surface area contributed by atoms with E-state index in [0.29, 0.717) is 11.8 Å². The van der Waals surface area contributed by atoms with E-state index in [9.17, 15) is 0 Å². The maximum atomic E-state index is 5.25. The topological polar surface area (TPSA) is 48.5 Å². The molecule has 0 N–H and O–H groups in total. The van der Waals surface area contributed by atoms with E-state index in [4.69, 9.17) is 15.0 Å². The van der Waals surface area contributed by atoms with Gasteiger partial charge in [0, 0.05) is 56.5 Å². The van der Waals surface area contributed by atoms with Gasteiger partial charge in [-0.25, -0.2) is 15.0 Å². The summed E-state index contributed by atoms with van der Waals surface area (Å²) in [6.45, 7) is 0. The molecular formula is C45H41N5. The van der Waals surface area contributed by atoms with Crippen LogP contribution in [0.1, 0.15) is 87.7 Å². The Bertz CT molecular complexity index is 2480. The SMILES string of the molecule is c1ccc(-n2ccc3c4ccc5c6ccccc6n(-c6cccc(-c7nc(C8CCCCC8)nc(C8CCCCC8)n7)c6)c5c4ccc32)cc1. The zero-order valence-corrected chi connectivity index (χ0v) is 28.4. The molecule has 3 aromatic heterocycles. The van der Waals surface area contributed by atoms with Gasteiger partial charge in [-0.15, -0.1) is 0 Å². The fraction of sp³-hybridized carbons (Fsp3) is 0.267. The molecule has 8 aromatic rings. The van der Waals surface area contributed by atoms with E-state index in [2.05, 4.69) is 125 Å². The van der Waals surface area contributed by atoms with Crippen molar-refractivity contribution in [2.45, 2.75) is 76.0 Å². The number of aromatic nitrogens is 5. The number of rotatable bonds is 5. The molecule has 50 heavy (non-hydrogen) atoms. The quantitative estimate of drug-likeness (QED) is 0.186. The number of hydrogen-bond acceptors (Lipinski definition) is 3. The molecule has 0 bridgehead atoms. The zero-order chi connectivity index (χ0) is 33.0. The van der Waals surface area contributed by atoms with Crippen LogP contribution in [0, 0.1) is 0 Å². The van der Waals surface area contributed by atoms with Gasteiger partial charge in [-0.05, 0) is 73.5 Å². The van der Waals surface area contributed by atoms with E-state index in [0.717, 1.165) is 28.7 Å². The third kappa shape index (κ3) is 4.93. The molecule has 0 atom stereocenters. The lowest BCUT2D eigenvalue weighted by atomic mass is 9.87. The van der Waals surface area contributed by atoms with E-state index >= 15 is 0 Å². The van der Waals surface area contributed by atoms with Gasteiger partial charge in [0.1, 0.15) is 11.6 Å². The van der Waals surface area contributed by atoms with Crippen LogP contribution >= 0.6 is 0 Å². The van der Waals surface area contributed by atoms with Crippen LogP contribution in [-0.4, -0.2) is 24.1 Å². The third-order valence-electron chi connectivity index (χ3n) is 11.5. The summed E-state index contributed by atoms with van der Waals surface area (Å²) in [5, 5.41) is 6.29. The Labute approximate surface area is 292 Å². The molecule has 3 heterocycles. The first kappa shape index (κ1) is 29.6. The van der Waals surface area contributed by atoms with Crippen LogP contribution in [0.5, 0.6) is 0 Å². The molecule has 5 nitrogen and oxygen atoms in total. The van der Waals surface area contributed by atoms with E-state index in [-0.39, 0.29) is 0 Å². The van der Waals surface area contributed by atoms with Crippen LogP contribution in [0.15, 0.2) is 115 Å². The van der Waals surface area contributed by atoms with Gasteiger partial charge in [0.25, 0.3) is 0 Å². The smallest absolute Gasteiger partial charge is 0.163 e. The van der Waals surface area contributed by atoms with Crippen molar-refractivity contribution in [2.24, 2.45) is 0 Å². The van der Waals surface area contributed by atoms with Crippen molar-refractivity contribution in [3.05, 3.63) is 127 Å². The number of benzene rings is 5. The molecule has 0 spiro atoms. The van der Waals surface area contributed by atoms with Crippen LogP contribution in [-0.2, 0) is 0 Å². The van der Waals surface area contributed by atoms with Gasteiger partial charge in [0.2, 0.25) is 0 Å². The van der Waals surface area contributed by atoms with E-state index in [1.807, 2.05) is 0 Å². The molecule has 0 unspecified atom stereocenters. The Morgan fingerprint density at radius 3 is 1.84 bits per heavy atom. The Hall–Kier alpha value is -5.29. The minimum absolute atomic E-state index is 0.438. The highest BCUT2D eigenvalue weighted by Gasteiger charge is 2.25. The number of fused-ring (bicyclic) bond motifs is 7. The van der Waals surface area contributed by atoms with Gasteiger partial charge in [0.05, 0.1) is 16.6 Å². The highest BCUT2D eigenvalue weighted by molar-refractivity contribution is 6.22. The summed E-state index contributed by atoms with van der Waals surface area (Å²) in [5.74, 6) is 3.75. The summed E-state index contributed by atoms with van der Waals surface area (Å²) < 4.78 is 4.75. The molecule has 0 radical (unpaired) electrons. The maximum Gasteiger partial charge on any atom is 0.163 e. The number of hydrogen-bond donors (Lipinski definition) is 0. The maximum absolute atomic E-state index is 5.25. The van der Waals surface area contributed by atoms with E-state index in [1.165, 1.54) is 113 Å². The predicted molar refractivity (Wildman–Crippen MR) is 206 cm³/mol. The molecule has 2 aliphatic rings. The standard InChI is InChI=1S/C45H41N5/c1-4-13-30(14-5-1)43-46-44(31-15-6-2-7-16-31)48-45(47-43)32-17-12-20-34(29-32)50-41-22-11-10-21-36(41)39-24-23-35-37-27-28-49(33-18-8-3-9-19-33)40(37)26-25-38(35)42(39)50/h3,8-12,17-31H,1-2,4-7,13-16H2. The molecule has 10 rings (SSSR count). The minimum Gasteiger partial charge on any atom is -0.317 e. The monoisotopic (exact) mass is 651 g/mol. The van der Waals surface area contributed by atoms with Gasteiger partial charge in [-0.3, -0.25) is 0 Å². The van der Waals surface area contributed by atoms with E-state index < -0.39 is 0 Å². The Balaban J connectivity index is 1.16. The highest BCUT2D eigenvalue weighted by atomic mass is 15.0. The number of para-hydroxylation sites is 2. The summed E-state index contributed by atoms with van der Waals surface area (Å²) in [7, 11) is 0. The second-order valence-electron chi connectivity index (χ2n) is 14.5. The zero-order valence-electron chi connectivity index (χ0n) is 28.4. The predicted octanol–water partition coefficient (Wildman–Crippen LogP) is 11.8. The molecule has 2 fully saturated rings. The molecular weight excluding hydrogens is 611 g/mol. The molecule has 246 valence electrons. The Kier molecular flexibility index (Phi) is 7.25. The first-order chi connectivity index (χ1) is 24.8. The molecule has 0 saturated heterocycles. The lowest BCUT2D eigenvalue weighted by Crippen LogP contribution is -2.16. The molecule has 5 heteroatoms. The normalized spacial score (nSPS) is 16.2. The molecule has 5 aromatic carbocycles. The second-order valence-corrected chi connectivity index (χ2v) is 14.5. The van der Waals surface area contributed by atoms with Crippen LogP contribution < -0.4 is 0 Å². The summed E-state index contributed by atoms with van der Waals surface area (Å²) in [6.07, 6.45) is 14.7. The van der Waals surface area contributed by atoms with Gasteiger partial charge >= 0.3 is 0 Å². The van der Waals surface area contributed by atoms with Gasteiger partial charge < -0.3 is 9.13 Å². The van der Waals surface area contributed by atoms with Gasteiger partial charge in [0.15, 0.2) is 5.82 Å². The Morgan fingerprint density at radius 1 is 0.460 bits per heavy atom. The van der Waals surface area contributed by atoms with Crippen molar-refractivity contribution in [3.8, 4) is 22.8 Å². The van der Waals surface area contributed by atoms with Crippen molar-refractivity contribution in [1.29, 1.82) is 0 Å². The molecule has 0 amide bonds. The van der Waals surface area contributed by atoms with Crippen molar-refractivity contribution in [1.82, 2.24) is 24.1 Å². The van der Waals surface area contributed by atoms with Crippen LogP contribution in [0.4, 0.5) is 0 Å². The molecule has 0 aliphatic heterocycles. The highest BCUT2D eigenvalue weighted by Crippen LogP contribution is 2.40. The lowest BCUT2D eigenvalue weighted by Gasteiger charge is -2.24. The van der Waals surface area contributed by atoms with Gasteiger partial charge in [-0.2, -0.15) is 0 Å². The van der Waals surface area contributed by atoms with Crippen molar-refractivity contribution in [2.75, 3.05) is 0 Å². The van der Waals surface area contributed by atoms with Crippen LogP contribution in [0.25, 0.3) is 66.2 Å². The average Bonchev–Trinajstić information content (AvgIpc) is 3.79. The molecule has 2 aliphatic carbocycles. The fourth-order valence-corrected chi connectivity index (χ4v) is 8.98.